The van der Waals surface area contributed by atoms with Gasteiger partial charge >= 0.3 is 5.97 Å². The molecule has 0 radical (unpaired) electrons. The zero-order valence-corrected chi connectivity index (χ0v) is 13.1. The molecule has 0 spiro atoms. The number of benzene rings is 1. The van der Waals surface area contributed by atoms with Crippen molar-refractivity contribution in [2.45, 2.75) is 38.6 Å². The largest absolute Gasteiger partial charge is 0.484 e. The van der Waals surface area contributed by atoms with Gasteiger partial charge in [0, 0.05) is 6.04 Å². The molecule has 5 nitrogen and oxygen atoms in total. The normalized spacial score (nSPS) is 21.0. The molecule has 0 saturated heterocycles. The second-order valence-electron chi connectivity index (χ2n) is 5.74. The van der Waals surface area contributed by atoms with E-state index in [0.717, 1.165) is 19.3 Å². The van der Waals surface area contributed by atoms with Gasteiger partial charge in [-0.2, -0.15) is 0 Å². The summed E-state index contributed by atoms with van der Waals surface area (Å²) >= 11 is 0. The van der Waals surface area contributed by atoms with Crippen LogP contribution >= 0.6 is 0 Å². The lowest BCUT2D eigenvalue weighted by atomic mass is 9.86. The zero-order valence-electron chi connectivity index (χ0n) is 13.1. The molecule has 5 heteroatoms. The van der Waals surface area contributed by atoms with Crippen LogP contribution in [0.5, 0.6) is 5.75 Å². The predicted molar refractivity (Wildman–Crippen MR) is 82.8 cm³/mol. The van der Waals surface area contributed by atoms with Crippen LogP contribution in [0.3, 0.4) is 0 Å². The fourth-order valence-electron chi connectivity index (χ4n) is 2.76. The maximum atomic E-state index is 12.0. The van der Waals surface area contributed by atoms with Gasteiger partial charge in [-0.05, 0) is 37.0 Å². The number of methoxy groups -OCH3 is 1. The summed E-state index contributed by atoms with van der Waals surface area (Å²) in [5, 5.41) is 3.03. The second-order valence-corrected chi connectivity index (χ2v) is 5.74. The Morgan fingerprint density at radius 3 is 2.77 bits per heavy atom. The molecule has 0 aromatic heterocycles. The van der Waals surface area contributed by atoms with Gasteiger partial charge in [-0.3, -0.25) is 4.79 Å². The second kappa shape index (κ2) is 7.82. The Morgan fingerprint density at radius 2 is 2.05 bits per heavy atom. The number of carbonyl (C=O) groups is 2. The fraction of sp³-hybridized carbons (Fsp3) is 0.529. The SMILES string of the molecule is COC(=O)c1cccc(OCC(=O)NC2CCCCC2C)c1. The Kier molecular flexibility index (Phi) is 5.81. The first kappa shape index (κ1) is 16.3. The van der Waals surface area contributed by atoms with Crippen LogP contribution in [0.15, 0.2) is 24.3 Å². The van der Waals surface area contributed by atoms with E-state index in [1.807, 2.05) is 0 Å². The van der Waals surface area contributed by atoms with E-state index in [4.69, 9.17) is 4.74 Å². The zero-order chi connectivity index (χ0) is 15.9. The summed E-state index contributed by atoms with van der Waals surface area (Å²) in [4.78, 5) is 23.4. The third kappa shape index (κ3) is 4.48. The molecule has 1 aliphatic carbocycles. The van der Waals surface area contributed by atoms with Gasteiger partial charge in [0.25, 0.3) is 5.91 Å². The number of amides is 1. The molecule has 1 N–H and O–H groups in total. The standard InChI is InChI=1S/C17H23NO4/c1-12-6-3-4-9-15(12)18-16(19)11-22-14-8-5-7-13(10-14)17(20)21-2/h5,7-8,10,12,15H,3-4,6,9,11H2,1-2H3,(H,18,19). The highest BCUT2D eigenvalue weighted by Crippen LogP contribution is 2.23. The lowest BCUT2D eigenvalue weighted by molar-refractivity contribution is -0.124. The van der Waals surface area contributed by atoms with E-state index in [9.17, 15) is 9.59 Å². The molecular weight excluding hydrogens is 282 g/mol. The van der Waals surface area contributed by atoms with Crippen LogP contribution in [-0.4, -0.2) is 31.6 Å². The lowest BCUT2D eigenvalue weighted by Gasteiger charge is -2.29. The molecule has 1 aromatic carbocycles. The minimum Gasteiger partial charge on any atom is -0.484 e. The van der Waals surface area contributed by atoms with Crippen LogP contribution in [0.4, 0.5) is 0 Å². The maximum Gasteiger partial charge on any atom is 0.337 e. The summed E-state index contributed by atoms with van der Waals surface area (Å²) in [7, 11) is 1.33. The number of hydrogen-bond donors (Lipinski definition) is 1. The van der Waals surface area contributed by atoms with E-state index in [2.05, 4.69) is 17.0 Å². The first-order valence-electron chi connectivity index (χ1n) is 7.70. The molecule has 0 heterocycles. The van der Waals surface area contributed by atoms with Crippen molar-refractivity contribution >= 4 is 11.9 Å². The van der Waals surface area contributed by atoms with Crippen LogP contribution in [0.1, 0.15) is 43.0 Å². The summed E-state index contributed by atoms with van der Waals surface area (Å²) in [6, 6.07) is 6.86. The summed E-state index contributed by atoms with van der Waals surface area (Å²) < 4.78 is 10.1. The van der Waals surface area contributed by atoms with E-state index in [-0.39, 0.29) is 18.6 Å². The number of hydrogen-bond acceptors (Lipinski definition) is 4. The summed E-state index contributed by atoms with van der Waals surface area (Å²) in [5.74, 6) is 0.447. The third-order valence-corrected chi connectivity index (χ3v) is 4.08. The third-order valence-electron chi connectivity index (χ3n) is 4.08. The Labute approximate surface area is 131 Å². The van der Waals surface area contributed by atoms with Gasteiger partial charge in [0.05, 0.1) is 12.7 Å². The predicted octanol–water partition coefficient (Wildman–Crippen LogP) is 2.55. The molecule has 0 aliphatic heterocycles. The molecule has 2 unspecified atom stereocenters. The van der Waals surface area contributed by atoms with Crippen LogP contribution in [0, 0.1) is 5.92 Å². The average molecular weight is 305 g/mol. The molecule has 120 valence electrons. The average Bonchev–Trinajstić information content (AvgIpc) is 2.54. The van der Waals surface area contributed by atoms with Crippen molar-refractivity contribution in [3.8, 4) is 5.75 Å². The van der Waals surface area contributed by atoms with E-state index < -0.39 is 5.97 Å². The van der Waals surface area contributed by atoms with Gasteiger partial charge in [-0.15, -0.1) is 0 Å². The summed E-state index contributed by atoms with van der Waals surface area (Å²) in [5.41, 5.74) is 0.404. The molecular formula is C17H23NO4. The molecule has 22 heavy (non-hydrogen) atoms. The monoisotopic (exact) mass is 305 g/mol. The van der Waals surface area contributed by atoms with E-state index in [0.29, 0.717) is 17.2 Å². The lowest BCUT2D eigenvalue weighted by Crippen LogP contribution is -2.43. The summed E-state index contributed by atoms with van der Waals surface area (Å²) in [6.07, 6.45) is 4.60. The number of rotatable bonds is 5. The van der Waals surface area contributed by atoms with Gasteiger partial charge in [-0.25, -0.2) is 4.79 Å². The van der Waals surface area contributed by atoms with Gasteiger partial charge in [0.15, 0.2) is 6.61 Å². The number of ether oxygens (including phenoxy) is 2. The number of carbonyl (C=O) groups excluding carboxylic acids is 2. The van der Waals surface area contributed by atoms with Crippen molar-refractivity contribution < 1.29 is 19.1 Å². The number of esters is 1. The molecule has 0 bridgehead atoms. The molecule has 1 aromatic rings. The molecule has 2 atom stereocenters. The Morgan fingerprint density at radius 1 is 1.27 bits per heavy atom. The molecule has 1 aliphatic rings. The van der Waals surface area contributed by atoms with Crippen LogP contribution in [-0.2, 0) is 9.53 Å². The van der Waals surface area contributed by atoms with Crippen molar-refractivity contribution in [2.24, 2.45) is 5.92 Å². The van der Waals surface area contributed by atoms with E-state index in [1.54, 1.807) is 24.3 Å². The number of nitrogens with one attached hydrogen (secondary N) is 1. The first-order chi connectivity index (χ1) is 10.6. The minimum atomic E-state index is -0.425. The Balaban J connectivity index is 1.84. The van der Waals surface area contributed by atoms with Crippen molar-refractivity contribution in [3.05, 3.63) is 29.8 Å². The van der Waals surface area contributed by atoms with E-state index >= 15 is 0 Å². The Hall–Kier alpha value is -2.04. The van der Waals surface area contributed by atoms with Gasteiger partial charge < -0.3 is 14.8 Å². The molecule has 1 amide bonds. The maximum absolute atomic E-state index is 12.0. The smallest absolute Gasteiger partial charge is 0.337 e. The van der Waals surface area contributed by atoms with E-state index in [1.165, 1.54) is 13.5 Å². The van der Waals surface area contributed by atoms with Gasteiger partial charge in [-0.1, -0.05) is 25.8 Å². The van der Waals surface area contributed by atoms with Crippen LogP contribution < -0.4 is 10.1 Å². The summed E-state index contributed by atoms with van der Waals surface area (Å²) in [6.45, 7) is 2.12. The van der Waals surface area contributed by atoms with Gasteiger partial charge in [0.2, 0.25) is 0 Å². The van der Waals surface area contributed by atoms with Crippen molar-refractivity contribution in [1.82, 2.24) is 5.32 Å². The Bertz CT molecular complexity index is 529. The molecule has 1 fully saturated rings. The molecule has 2 rings (SSSR count). The first-order valence-corrected chi connectivity index (χ1v) is 7.70. The van der Waals surface area contributed by atoms with Crippen LogP contribution in [0.25, 0.3) is 0 Å². The molecule has 1 saturated carbocycles. The van der Waals surface area contributed by atoms with Crippen LogP contribution in [0.2, 0.25) is 0 Å². The highest BCUT2D eigenvalue weighted by Gasteiger charge is 2.22. The topological polar surface area (TPSA) is 64.6 Å². The van der Waals surface area contributed by atoms with Crippen molar-refractivity contribution in [1.29, 1.82) is 0 Å². The fourth-order valence-corrected chi connectivity index (χ4v) is 2.76. The highest BCUT2D eigenvalue weighted by molar-refractivity contribution is 5.89. The highest BCUT2D eigenvalue weighted by atomic mass is 16.5. The quantitative estimate of drug-likeness (QED) is 0.849. The van der Waals surface area contributed by atoms with Gasteiger partial charge in [0.1, 0.15) is 5.75 Å². The van der Waals surface area contributed by atoms with Crippen molar-refractivity contribution in [2.75, 3.05) is 13.7 Å². The van der Waals surface area contributed by atoms with Crippen molar-refractivity contribution in [3.63, 3.8) is 0 Å². The minimum absolute atomic E-state index is 0.0478.